The van der Waals surface area contributed by atoms with Crippen LogP contribution >= 0.6 is 15.9 Å². The van der Waals surface area contributed by atoms with Crippen LogP contribution in [0, 0.1) is 6.92 Å². The number of amides is 1. The molecular formula is C12H17BrN2O3. The first-order chi connectivity index (χ1) is 8.49. The molecule has 0 saturated carbocycles. The molecule has 5 nitrogen and oxygen atoms in total. The topological polar surface area (TPSA) is 73.4 Å². The molecule has 0 aliphatic carbocycles. The molecule has 0 fully saturated rings. The minimum Gasteiger partial charge on any atom is -0.396 e. The first-order valence-corrected chi connectivity index (χ1v) is 6.52. The number of aromatic amines is 1. The van der Waals surface area contributed by atoms with E-state index in [9.17, 15) is 9.59 Å². The maximum Gasteiger partial charge on any atom is 0.261 e. The van der Waals surface area contributed by atoms with Crippen molar-refractivity contribution >= 4 is 21.8 Å². The van der Waals surface area contributed by atoms with Gasteiger partial charge >= 0.3 is 0 Å². The minimum atomic E-state index is -0.380. The maximum atomic E-state index is 12.2. The Morgan fingerprint density at radius 3 is 2.78 bits per heavy atom. The fourth-order valence-electron chi connectivity index (χ4n) is 1.61. The van der Waals surface area contributed by atoms with E-state index in [2.05, 4.69) is 20.9 Å². The number of aliphatic hydroxyl groups excluding tert-OH is 1. The van der Waals surface area contributed by atoms with E-state index in [0.717, 1.165) is 0 Å². The predicted octanol–water partition coefficient (Wildman–Crippen LogP) is 1.29. The van der Waals surface area contributed by atoms with Crippen molar-refractivity contribution in [3.05, 3.63) is 32.2 Å². The number of carbonyl (C=O) groups is 1. The molecule has 1 aromatic heterocycles. The van der Waals surface area contributed by atoms with Gasteiger partial charge in [-0.15, -0.1) is 0 Å². The maximum absolute atomic E-state index is 12.2. The molecule has 1 rings (SSSR count). The molecule has 0 aromatic carbocycles. The lowest BCUT2D eigenvalue weighted by Crippen LogP contribution is -2.33. The molecule has 0 spiro atoms. The Bertz CT molecular complexity index is 485. The van der Waals surface area contributed by atoms with Crippen LogP contribution in [0.25, 0.3) is 0 Å². The summed E-state index contributed by atoms with van der Waals surface area (Å²) in [4.78, 5) is 27.9. The van der Waals surface area contributed by atoms with Gasteiger partial charge in [-0.25, -0.2) is 0 Å². The van der Waals surface area contributed by atoms with Crippen molar-refractivity contribution in [3.63, 3.8) is 0 Å². The molecule has 6 heteroatoms. The predicted molar refractivity (Wildman–Crippen MR) is 72.8 cm³/mol. The fourth-order valence-corrected chi connectivity index (χ4v) is 1.92. The summed E-state index contributed by atoms with van der Waals surface area (Å²) in [6, 6.07) is 0. The lowest BCUT2D eigenvalue weighted by Gasteiger charge is -2.17. The average molecular weight is 317 g/mol. The van der Waals surface area contributed by atoms with Gasteiger partial charge in [0.25, 0.3) is 11.5 Å². The average Bonchev–Trinajstić information content (AvgIpc) is 2.34. The Morgan fingerprint density at radius 1 is 1.50 bits per heavy atom. The second-order valence-corrected chi connectivity index (χ2v) is 4.98. The van der Waals surface area contributed by atoms with Crippen LogP contribution in [0.2, 0.25) is 0 Å². The largest absolute Gasteiger partial charge is 0.396 e. The first-order valence-electron chi connectivity index (χ1n) is 5.73. The van der Waals surface area contributed by atoms with Crippen molar-refractivity contribution < 1.29 is 9.90 Å². The van der Waals surface area contributed by atoms with E-state index in [1.807, 2.05) is 0 Å². The van der Waals surface area contributed by atoms with E-state index in [-0.39, 0.29) is 23.6 Å². The summed E-state index contributed by atoms with van der Waals surface area (Å²) in [7, 11) is 1.65. The Hall–Kier alpha value is -1.14. The summed E-state index contributed by atoms with van der Waals surface area (Å²) in [6.07, 6.45) is 2.88. The van der Waals surface area contributed by atoms with Gasteiger partial charge in [0.15, 0.2) is 0 Å². The van der Waals surface area contributed by atoms with Gasteiger partial charge in [-0.05, 0) is 41.3 Å². The molecule has 0 aliphatic heterocycles. The number of aromatic nitrogens is 1. The van der Waals surface area contributed by atoms with Crippen molar-refractivity contribution in [3.8, 4) is 0 Å². The summed E-state index contributed by atoms with van der Waals surface area (Å²) in [5.41, 5.74) is 0.420. The lowest BCUT2D eigenvalue weighted by molar-refractivity contribution is 0.0787. The third kappa shape index (κ3) is 3.43. The number of H-pyrrole nitrogens is 1. The van der Waals surface area contributed by atoms with E-state index < -0.39 is 0 Å². The quantitative estimate of drug-likeness (QED) is 0.804. The standard InChI is InChI=1S/C12H17BrN2O3/c1-8-9(13)7-14-11(17)10(8)12(18)15(2)5-3-4-6-16/h7,16H,3-6H2,1-2H3,(H,14,17). The lowest BCUT2D eigenvalue weighted by atomic mass is 10.1. The summed E-state index contributed by atoms with van der Waals surface area (Å²) in [6.45, 7) is 2.36. The zero-order valence-corrected chi connectivity index (χ0v) is 12.1. The highest BCUT2D eigenvalue weighted by molar-refractivity contribution is 9.10. The van der Waals surface area contributed by atoms with Gasteiger partial charge in [0.1, 0.15) is 5.56 Å². The molecule has 0 atom stereocenters. The zero-order chi connectivity index (χ0) is 13.7. The molecule has 1 amide bonds. The molecule has 100 valence electrons. The van der Waals surface area contributed by atoms with Crippen LogP contribution in [0.1, 0.15) is 28.8 Å². The number of hydrogen-bond acceptors (Lipinski definition) is 3. The van der Waals surface area contributed by atoms with E-state index >= 15 is 0 Å². The summed E-state index contributed by atoms with van der Waals surface area (Å²) in [5.74, 6) is -0.298. The second kappa shape index (κ2) is 6.70. The Balaban J connectivity index is 2.90. The van der Waals surface area contributed by atoms with Gasteiger partial charge in [-0.3, -0.25) is 9.59 Å². The first kappa shape index (κ1) is 14.9. The molecule has 0 aliphatic rings. The molecule has 0 unspecified atom stereocenters. The molecule has 0 saturated heterocycles. The van der Waals surface area contributed by atoms with E-state index in [1.54, 1.807) is 14.0 Å². The van der Waals surface area contributed by atoms with E-state index in [0.29, 0.717) is 29.4 Å². The Morgan fingerprint density at radius 2 is 2.17 bits per heavy atom. The molecule has 1 aromatic rings. The van der Waals surface area contributed by atoms with E-state index in [4.69, 9.17) is 5.11 Å². The second-order valence-electron chi connectivity index (χ2n) is 4.12. The van der Waals surface area contributed by atoms with Gasteiger partial charge in [0.05, 0.1) is 0 Å². The summed E-state index contributed by atoms with van der Waals surface area (Å²) in [5, 5.41) is 8.69. The van der Waals surface area contributed by atoms with Crippen LogP contribution in [0.15, 0.2) is 15.5 Å². The van der Waals surface area contributed by atoms with Crippen molar-refractivity contribution in [2.75, 3.05) is 20.2 Å². The molecule has 2 N–H and O–H groups in total. The summed E-state index contributed by atoms with van der Waals surface area (Å²) >= 11 is 3.29. The highest BCUT2D eigenvalue weighted by atomic mass is 79.9. The highest BCUT2D eigenvalue weighted by Gasteiger charge is 2.19. The van der Waals surface area contributed by atoms with Gasteiger partial charge in [-0.2, -0.15) is 0 Å². The highest BCUT2D eigenvalue weighted by Crippen LogP contribution is 2.16. The number of halogens is 1. The number of hydrogen-bond donors (Lipinski definition) is 2. The molecular weight excluding hydrogens is 300 g/mol. The number of nitrogens with zero attached hydrogens (tertiary/aromatic N) is 1. The van der Waals surface area contributed by atoms with Crippen LogP contribution < -0.4 is 5.56 Å². The molecule has 0 radical (unpaired) electrons. The molecule has 18 heavy (non-hydrogen) atoms. The van der Waals surface area contributed by atoms with Gasteiger partial charge in [0, 0.05) is 30.9 Å². The van der Waals surface area contributed by atoms with Crippen LogP contribution in [-0.2, 0) is 0 Å². The third-order valence-electron chi connectivity index (χ3n) is 2.75. The van der Waals surface area contributed by atoms with E-state index in [1.165, 1.54) is 11.1 Å². The molecule has 0 bridgehead atoms. The number of rotatable bonds is 5. The van der Waals surface area contributed by atoms with Crippen LogP contribution in [0.3, 0.4) is 0 Å². The SMILES string of the molecule is Cc1c(Br)c[nH]c(=O)c1C(=O)N(C)CCCCO. The number of carbonyl (C=O) groups excluding carboxylic acids is 1. The van der Waals surface area contributed by atoms with Crippen LogP contribution in [0.4, 0.5) is 0 Å². The number of pyridine rings is 1. The van der Waals surface area contributed by atoms with Crippen LogP contribution in [0.5, 0.6) is 0 Å². The fraction of sp³-hybridized carbons (Fsp3) is 0.500. The number of unbranched alkanes of at least 4 members (excludes halogenated alkanes) is 1. The van der Waals surface area contributed by atoms with Crippen molar-refractivity contribution in [2.24, 2.45) is 0 Å². The van der Waals surface area contributed by atoms with Crippen LogP contribution in [-0.4, -0.2) is 41.1 Å². The third-order valence-corrected chi connectivity index (χ3v) is 3.58. The number of aliphatic hydroxyl groups is 1. The normalized spacial score (nSPS) is 10.4. The van der Waals surface area contributed by atoms with Crippen molar-refractivity contribution in [1.82, 2.24) is 9.88 Å². The Kier molecular flexibility index (Phi) is 5.55. The summed E-state index contributed by atoms with van der Waals surface area (Å²) < 4.78 is 0.703. The van der Waals surface area contributed by atoms with Gasteiger partial charge in [-0.1, -0.05) is 0 Å². The number of nitrogens with one attached hydrogen (secondary N) is 1. The van der Waals surface area contributed by atoms with Gasteiger partial charge in [0.2, 0.25) is 0 Å². The minimum absolute atomic E-state index is 0.110. The van der Waals surface area contributed by atoms with Crippen molar-refractivity contribution in [2.45, 2.75) is 19.8 Å². The Labute approximate surface area is 114 Å². The van der Waals surface area contributed by atoms with Gasteiger partial charge < -0.3 is 15.0 Å². The van der Waals surface area contributed by atoms with Crippen molar-refractivity contribution in [1.29, 1.82) is 0 Å². The monoisotopic (exact) mass is 316 g/mol. The smallest absolute Gasteiger partial charge is 0.261 e. The molecule has 1 heterocycles. The zero-order valence-electron chi connectivity index (χ0n) is 10.5.